The van der Waals surface area contributed by atoms with E-state index in [4.69, 9.17) is 0 Å². The van der Waals surface area contributed by atoms with Crippen molar-refractivity contribution >= 4 is 59.1 Å². The highest BCUT2D eigenvalue weighted by atomic mass is 79.9. The number of benzene rings is 2. The Labute approximate surface area is 189 Å². The number of nitrogens with one attached hydrogen (secondary N) is 2. The number of amides is 1. The van der Waals surface area contributed by atoms with Crippen LogP contribution in [-0.2, 0) is 14.8 Å². The second-order valence-electron chi connectivity index (χ2n) is 7.64. The van der Waals surface area contributed by atoms with Crippen molar-refractivity contribution in [3.05, 3.63) is 51.4 Å². The molecule has 9 heteroatoms. The van der Waals surface area contributed by atoms with Gasteiger partial charge in [-0.05, 0) is 78.0 Å². The fourth-order valence-electron chi connectivity index (χ4n) is 3.06. The zero-order valence-electron chi connectivity index (χ0n) is 17.2. The molecule has 2 aromatic carbocycles. The molecule has 0 aliphatic heterocycles. The van der Waals surface area contributed by atoms with Gasteiger partial charge in [-0.1, -0.05) is 19.9 Å². The second-order valence-corrected chi connectivity index (χ2v) is 11.4. The van der Waals surface area contributed by atoms with Gasteiger partial charge >= 0.3 is 0 Å². The Balaban J connectivity index is 1.85. The molecule has 0 bridgehead atoms. The molecule has 3 rings (SSSR count). The van der Waals surface area contributed by atoms with Crippen molar-refractivity contribution in [2.45, 2.75) is 45.1 Å². The van der Waals surface area contributed by atoms with E-state index in [2.05, 4.69) is 31.0 Å². The average molecular weight is 510 g/mol. The lowest BCUT2D eigenvalue weighted by molar-refractivity contribution is -0.118. The van der Waals surface area contributed by atoms with Crippen molar-refractivity contribution < 1.29 is 13.2 Å². The van der Waals surface area contributed by atoms with E-state index >= 15 is 0 Å². The summed E-state index contributed by atoms with van der Waals surface area (Å²) in [7, 11) is -3.89. The van der Waals surface area contributed by atoms with Crippen LogP contribution < -0.4 is 10.0 Å². The van der Waals surface area contributed by atoms with Crippen LogP contribution in [0.2, 0.25) is 0 Å². The van der Waals surface area contributed by atoms with Gasteiger partial charge in [-0.3, -0.25) is 4.79 Å². The Morgan fingerprint density at radius 3 is 2.57 bits per heavy atom. The number of thiazole rings is 1. The molecule has 1 atom stereocenters. The van der Waals surface area contributed by atoms with Crippen LogP contribution in [0.15, 0.2) is 45.8 Å². The lowest BCUT2D eigenvalue weighted by atomic mass is 10.0. The highest BCUT2D eigenvalue weighted by molar-refractivity contribution is 9.10. The number of rotatable bonds is 7. The molecule has 0 aliphatic carbocycles. The molecule has 1 amide bonds. The molecule has 0 saturated heterocycles. The van der Waals surface area contributed by atoms with Crippen LogP contribution >= 0.6 is 27.3 Å². The fourth-order valence-corrected chi connectivity index (χ4v) is 5.83. The van der Waals surface area contributed by atoms with Crippen LogP contribution in [0.5, 0.6) is 0 Å². The second kappa shape index (κ2) is 9.13. The van der Waals surface area contributed by atoms with Crippen LogP contribution in [0.3, 0.4) is 0 Å². The van der Waals surface area contributed by atoms with E-state index in [9.17, 15) is 13.2 Å². The first kappa shape index (κ1) is 22.9. The van der Waals surface area contributed by atoms with E-state index in [-0.39, 0.29) is 10.8 Å². The van der Waals surface area contributed by atoms with E-state index in [0.717, 1.165) is 25.3 Å². The van der Waals surface area contributed by atoms with Crippen molar-refractivity contribution in [3.63, 3.8) is 0 Å². The van der Waals surface area contributed by atoms with Gasteiger partial charge in [-0.2, -0.15) is 4.72 Å². The van der Waals surface area contributed by atoms with E-state index in [0.29, 0.717) is 12.1 Å². The molecule has 2 N–H and O–H groups in total. The fraction of sp³-hybridized carbons (Fsp3) is 0.333. The molecule has 0 unspecified atom stereocenters. The summed E-state index contributed by atoms with van der Waals surface area (Å²) in [5.41, 5.74) is 2.41. The standard InChI is InChI=1S/C21H24BrN3O3S2/c1-12(2)9-19(21(26)24-17-7-5-13(3)10-16(17)22)25-30(27,28)15-6-8-18-20(11-15)29-14(4)23-18/h5-8,10-12,19,25H,9H2,1-4H3,(H,24,26)/t19-/m1/s1. The third-order valence-electron chi connectivity index (χ3n) is 4.48. The number of aryl methyl sites for hydroxylation is 2. The maximum atomic E-state index is 13.0. The molecule has 160 valence electrons. The summed E-state index contributed by atoms with van der Waals surface area (Å²) in [6.45, 7) is 7.72. The van der Waals surface area contributed by atoms with Gasteiger partial charge in [0.1, 0.15) is 6.04 Å². The van der Waals surface area contributed by atoms with Gasteiger partial charge in [0.05, 0.1) is 25.8 Å². The Kier molecular flexibility index (Phi) is 6.96. The lowest BCUT2D eigenvalue weighted by Gasteiger charge is -2.20. The van der Waals surface area contributed by atoms with Gasteiger partial charge in [-0.15, -0.1) is 11.3 Å². The molecule has 0 saturated carbocycles. The zero-order chi connectivity index (χ0) is 22.1. The van der Waals surface area contributed by atoms with Gasteiger partial charge in [-0.25, -0.2) is 13.4 Å². The molecule has 0 fully saturated rings. The maximum Gasteiger partial charge on any atom is 0.242 e. The van der Waals surface area contributed by atoms with Crippen LogP contribution in [0.4, 0.5) is 5.69 Å². The van der Waals surface area contributed by atoms with Gasteiger partial charge in [0.15, 0.2) is 0 Å². The summed E-state index contributed by atoms with van der Waals surface area (Å²) in [6, 6.07) is 9.47. The SMILES string of the molecule is Cc1ccc(NC(=O)[C@@H](CC(C)C)NS(=O)(=O)c2ccc3nc(C)sc3c2)c(Br)c1. The van der Waals surface area contributed by atoms with Crippen LogP contribution in [0.25, 0.3) is 10.2 Å². The first-order valence-electron chi connectivity index (χ1n) is 9.51. The van der Waals surface area contributed by atoms with Crippen molar-refractivity contribution in [3.8, 4) is 0 Å². The first-order chi connectivity index (χ1) is 14.0. The highest BCUT2D eigenvalue weighted by Gasteiger charge is 2.27. The molecule has 30 heavy (non-hydrogen) atoms. The number of anilines is 1. The van der Waals surface area contributed by atoms with Gasteiger partial charge in [0.25, 0.3) is 0 Å². The van der Waals surface area contributed by atoms with Crippen LogP contribution in [0, 0.1) is 19.8 Å². The number of aromatic nitrogens is 1. The summed E-state index contributed by atoms with van der Waals surface area (Å²) in [6.07, 6.45) is 0.371. The number of halogens is 1. The normalized spacial score (nSPS) is 13.0. The topological polar surface area (TPSA) is 88.2 Å². The molecule has 6 nitrogen and oxygen atoms in total. The number of hydrogen-bond acceptors (Lipinski definition) is 5. The Bertz CT molecular complexity index is 1190. The molecule has 0 radical (unpaired) electrons. The minimum Gasteiger partial charge on any atom is -0.324 e. The minimum atomic E-state index is -3.89. The summed E-state index contributed by atoms with van der Waals surface area (Å²) < 4.78 is 30.2. The molecule has 3 aromatic rings. The molecule has 1 aromatic heterocycles. The van der Waals surface area contributed by atoms with Gasteiger partial charge in [0.2, 0.25) is 15.9 Å². The summed E-state index contributed by atoms with van der Waals surface area (Å²) in [5, 5.41) is 3.70. The third kappa shape index (κ3) is 5.46. The van der Waals surface area contributed by atoms with E-state index in [1.807, 2.05) is 39.8 Å². The summed E-state index contributed by atoms with van der Waals surface area (Å²) >= 11 is 4.88. The van der Waals surface area contributed by atoms with Crippen molar-refractivity contribution in [1.82, 2.24) is 9.71 Å². The third-order valence-corrected chi connectivity index (χ3v) is 7.54. The molecule has 0 aliphatic rings. The number of carbonyl (C=O) groups excluding carboxylic acids is 1. The predicted molar refractivity (Wildman–Crippen MR) is 125 cm³/mol. The summed E-state index contributed by atoms with van der Waals surface area (Å²) in [5.74, 6) is -0.275. The largest absolute Gasteiger partial charge is 0.324 e. The van der Waals surface area contributed by atoms with Crippen LogP contribution in [-0.4, -0.2) is 25.4 Å². The van der Waals surface area contributed by atoms with Crippen molar-refractivity contribution in [1.29, 1.82) is 0 Å². The van der Waals surface area contributed by atoms with Gasteiger partial charge < -0.3 is 5.32 Å². The summed E-state index contributed by atoms with van der Waals surface area (Å²) in [4.78, 5) is 17.4. The van der Waals surface area contributed by atoms with Crippen LogP contribution in [0.1, 0.15) is 30.8 Å². The number of sulfonamides is 1. The number of carbonyl (C=O) groups is 1. The lowest BCUT2D eigenvalue weighted by Crippen LogP contribution is -2.44. The molecular formula is C21H24BrN3O3S2. The number of fused-ring (bicyclic) bond motifs is 1. The highest BCUT2D eigenvalue weighted by Crippen LogP contribution is 2.26. The van der Waals surface area contributed by atoms with E-state index < -0.39 is 22.0 Å². The average Bonchev–Trinajstić information content (AvgIpc) is 3.02. The monoisotopic (exact) mass is 509 g/mol. The zero-order valence-corrected chi connectivity index (χ0v) is 20.4. The van der Waals surface area contributed by atoms with E-state index in [1.54, 1.807) is 18.2 Å². The molecule has 1 heterocycles. The Hall–Kier alpha value is -1.81. The van der Waals surface area contributed by atoms with Crippen molar-refractivity contribution in [2.24, 2.45) is 5.92 Å². The minimum absolute atomic E-state index is 0.122. The predicted octanol–water partition coefficient (Wildman–Crippen LogP) is 5.01. The van der Waals surface area contributed by atoms with Crippen molar-refractivity contribution in [2.75, 3.05) is 5.32 Å². The first-order valence-corrected chi connectivity index (χ1v) is 12.6. The molecule has 0 spiro atoms. The maximum absolute atomic E-state index is 13.0. The number of nitrogens with zero attached hydrogens (tertiary/aromatic N) is 1. The Morgan fingerprint density at radius 1 is 1.17 bits per heavy atom. The molecular weight excluding hydrogens is 486 g/mol. The van der Waals surface area contributed by atoms with E-state index in [1.165, 1.54) is 17.4 Å². The smallest absolute Gasteiger partial charge is 0.242 e. The number of hydrogen-bond donors (Lipinski definition) is 2. The Morgan fingerprint density at radius 2 is 1.90 bits per heavy atom. The van der Waals surface area contributed by atoms with Gasteiger partial charge in [0, 0.05) is 4.47 Å². The quantitative estimate of drug-likeness (QED) is 0.468.